The molecule has 0 N–H and O–H groups in total. The maximum Gasteiger partial charge on any atom is 0.136 e. The van der Waals surface area contributed by atoms with Gasteiger partial charge in [0.25, 0.3) is 0 Å². The number of anilines is 3. The van der Waals surface area contributed by atoms with Crippen LogP contribution in [0, 0.1) is 0 Å². The first-order valence-corrected chi connectivity index (χ1v) is 19.8. The highest BCUT2D eigenvalue weighted by atomic mass is 16.3. The van der Waals surface area contributed by atoms with Crippen LogP contribution in [0.15, 0.2) is 205 Å². The smallest absolute Gasteiger partial charge is 0.136 e. The molecule has 0 saturated carbocycles. The summed E-state index contributed by atoms with van der Waals surface area (Å²) in [6, 6.07) is 72.7. The Balaban J connectivity index is 1.05. The van der Waals surface area contributed by atoms with Crippen LogP contribution in [0.1, 0.15) is 25.0 Å². The molecule has 0 amide bonds. The van der Waals surface area contributed by atoms with E-state index in [2.05, 4.69) is 207 Å². The van der Waals surface area contributed by atoms with Gasteiger partial charge in [-0.15, -0.1) is 0 Å². The van der Waals surface area contributed by atoms with Gasteiger partial charge in [0.15, 0.2) is 0 Å². The third-order valence-corrected chi connectivity index (χ3v) is 12.1. The van der Waals surface area contributed by atoms with Crippen LogP contribution in [-0.4, -0.2) is 0 Å². The third-order valence-electron chi connectivity index (χ3n) is 12.1. The van der Waals surface area contributed by atoms with E-state index in [4.69, 9.17) is 4.42 Å². The highest BCUT2D eigenvalue weighted by Gasteiger charge is 2.36. The number of nitrogens with zero attached hydrogens (tertiary/aromatic N) is 1. The molecule has 2 heteroatoms. The van der Waals surface area contributed by atoms with Gasteiger partial charge in [-0.05, 0) is 116 Å². The molecular formula is C55H39NO. The Labute approximate surface area is 332 Å². The van der Waals surface area contributed by atoms with Gasteiger partial charge in [-0.25, -0.2) is 0 Å². The standard InChI is InChI=1S/C55H39NO/c1-55(2)50-33-39(36-13-5-3-6-14-36)23-28-45(50)46-30-27-42(35-51(46)55)56(52-32-31-43(38-15-7-4-8-16-38)44-17-9-10-18-47(44)52)41-25-21-37(22-26-41)40-24-29-49-48-19-11-12-20-53(48)57-54(49)34-40/h3-35H,1-2H3. The van der Waals surface area contributed by atoms with Crippen molar-refractivity contribution in [1.82, 2.24) is 0 Å². The summed E-state index contributed by atoms with van der Waals surface area (Å²) in [5.41, 5.74) is 17.5. The molecule has 1 aliphatic rings. The van der Waals surface area contributed by atoms with Gasteiger partial charge in [0, 0.05) is 32.9 Å². The molecule has 270 valence electrons. The summed E-state index contributed by atoms with van der Waals surface area (Å²) in [6.07, 6.45) is 0. The summed E-state index contributed by atoms with van der Waals surface area (Å²) >= 11 is 0. The van der Waals surface area contributed by atoms with Gasteiger partial charge >= 0.3 is 0 Å². The van der Waals surface area contributed by atoms with E-state index < -0.39 is 0 Å². The predicted octanol–water partition coefficient (Wildman–Crippen LogP) is 15.5. The van der Waals surface area contributed by atoms with Crippen molar-refractivity contribution in [2.45, 2.75) is 19.3 Å². The Morgan fingerprint density at radius 2 is 0.877 bits per heavy atom. The van der Waals surface area contributed by atoms with E-state index in [1.807, 2.05) is 12.1 Å². The van der Waals surface area contributed by atoms with E-state index in [9.17, 15) is 0 Å². The van der Waals surface area contributed by atoms with Crippen molar-refractivity contribution >= 4 is 49.8 Å². The molecule has 0 radical (unpaired) electrons. The highest BCUT2D eigenvalue weighted by Crippen LogP contribution is 2.52. The minimum Gasteiger partial charge on any atom is -0.456 e. The van der Waals surface area contributed by atoms with Crippen molar-refractivity contribution in [3.05, 3.63) is 211 Å². The molecule has 2 nitrogen and oxygen atoms in total. The van der Waals surface area contributed by atoms with Gasteiger partial charge < -0.3 is 9.32 Å². The molecular weight excluding hydrogens is 691 g/mol. The minimum atomic E-state index is -0.185. The Bertz CT molecular complexity index is 3140. The van der Waals surface area contributed by atoms with E-state index in [0.29, 0.717) is 0 Å². The lowest BCUT2D eigenvalue weighted by molar-refractivity contribution is 0.660. The lowest BCUT2D eigenvalue weighted by Crippen LogP contribution is -2.17. The van der Waals surface area contributed by atoms with Crippen LogP contribution >= 0.6 is 0 Å². The molecule has 0 unspecified atom stereocenters. The zero-order valence-electron chi connectivity index (χ0n) is 31.9. The molecule has 1 heterocycles. The molecule has 0 atom stereocenters. The number of fused-ring (bicyclic) bond motifs is 7. The average Bonchev–Trinajstić information content (AvgIpc) is 3.75. The number of rotatable bonds is 6. The second kappa shape index (κ2) is 13.0. The van der Waals surface area contributed by atoms with Crippen molar-refractivity contribution in [3.63, 3.8) is 0 Å². The monoisotopic (exact) mass is 729 g/mol. The molecule has 10 aromatic rings. The first kappa shape index (κ1) is 33.2. The molecule has 0 spiro atoms. The van der Waals surface area contributed by atoms with Crippen molar-refractivity contribution < 1.29 is 4.42 Å². The lowest BCUT2D eigenvalue weighted by atomic mass is 9.81. The molecule has 9 aromatic carbocycles. The second-order valence-electron chi connectivity index (χ2n) is 15.7. The summed E-state index contributed by atoms with van der Waals surface area (Å²) in [5, 5.41) is 4.71. The average molecular weight is 730 g/mol. The molecule has 11 rings (SSSR count). The summed E-state index contributed by atoms with van der Waals surface area (Å²) in [4.78, 5) is 2.44. The largest absolute Gasteiger partial charge is 0.456 e. The van der Waals surface area contributed by atoms with Gasteiger partial charge in [0.05, 0.1) is 5.69 Å². The normalized spacial score (nSPS) is 12.9. The fourth-order valence-corrected chi connectivity index (χ4v) is 9.16. The number of benzene rings is 9. The Hall–Kier alpha value is -7.16. The zero-order chi connectivity index (χ0) is 38.1. The van der Waals surface area contributed by atoms with Crippen molar-refractivity contribution in [1.29, 1.82) is 0 Å². The van der Waals surface area contributed by atoms with E-state index in [1.165, 1.54) is 55.3 Å². The topological polar surface area (TPSA) is 16.4 Å². The maximum absolute atomic E-state index is 6.27. The fraction of sp³-hybridized carbons (Fsp3) is 0.0545. The van der Waals surface area contributed by atoms with E-state index in [-0.39, 0.29) is 5.41 Å². The molecule has 57 heavy (non-hydrogen) atoms. The number of furan rings is 1. The Morgan fingerprint density at radius 1 is 0.351 bits per heavy atom. The van der Waals surface area contributed by atoms with Gasteiger partial charge in [0.2, 0.25) is 0 Å². The number of hydrogen-bond donors (Lipinski definition) is 0. The van der Waals surface area contributed by atoms with Crippen LogP contribution in [0.3, 0.4) is 0 Å². The molecule has 1 aromatic heterocycles. The Morgan fingerprint density at radius 3 is 1.65 bits per heavy atom. The zero-order valence-corrected chi connectivity index (χ0v) is 31.9. The maximum atomic E-state index is 6.27. The van der Waals surface area contributed by atoms with E-state index in [1.54, 1.807) is 0 Å². The molecule has 0 fully saturated rings. The first-order chi connectivity index (χ1) is 28.0. The predicted molar refractivity (Wildman–Crippen MR) is 240 cm³/mol. The SMILES string of the molecule is CC1(C)c2cc(-c3ccccc3)ccc2-c2ccc(N(c3ccc(-c4ccc5c(c4)oc4ccccc45)cc3)c3ccc(-c4ccccc4)c4ccccc34)cc21. The van der Waals surface area contributed by atoms with Crippen LogP contribution < -0.4 is 4.90 Å². The summed E-state index contributed by atoms with van der Waals surface area (Å²) in [5.74, 6) is 0. The van der Waals surface area contributed by atoms with Crippen LogP contribution in [-0.2, 0) is 5.41 Å². The minimum absolute atomic E-state index is 0.185. The van der Waals surface area contributed by atoms with Crippen LogP contribution in [0.4, 0.5) is 17.1 Å². The van der Waals surface area contributed by atoms with Gasteiger partial charge in [-0.2, -0.15) is 0 Å². The highest BCUT2D eigenvalue weighted by molar-refractivity contribution is 6.07. The Kier molecular flexibility index (Phi) is 7.55. The fourth-order valence-electron chi connectivity index (χ4n) is 9.16. The van der Waals surface area contributed by atoms with Crippen LogP contribution in [0.25, 0.3) is 77.2 Å². The van der Waals surface area contributed by atoms with Crippen molar-refractivity contribution in [2.75, 3.05) is 4.90 Å². The van der Waals surface area contributed by atoms with Gasteiger partial charge in [-0.3, -0.25) is 0 Å². The van der Waals surface area contributed by atoms with Crippen LogP contribution in [0.2, 0.25) is 0 Å². The molecule has 1 aliphatic carbocycles. The second-order valence-corrected chi connectivity index (χ2v) is 15.7. The number of para-hydroxylation sites is 1. The number of hydrogen-bond acceptors (Lipinski definition) is 2. The van der Waals surface area contributed by atoms with Crippen LogP contribution in [0.5, 0.6) is 0 Å². The van der Waals surface area contributed by atoms with E-state index >= 15 is 0 Å². The van der Waals surface area contributed by atoms with Crippen molar-refractivity contribution in [3.8, 4) is 44.5 Å². The van der Waals surface area contributed by atoms with E-state index in [0.717, 1.165) is 50.1 Å². The third kappa shape index (κ3) is 5.40. The van der Waals surface area contributed by atoms with Gasteiger partial charge in [0.1, 0.15) is 11.2 Å². The summed E-state index contributed by atoms with van der Waals surface area (Å²) in [6.45, 7) is 4.75. The lowest BCUT2D eigenvalue weighted by Gasteiger charge is -2.29. The first-order valence-electron chi connectivity index (χ1n) is 19.8. The molecule has 0 bridgehead atoms. The quantitative estimate of drug-likeness (QED) is 0.169. The summed E-state index contributed by atoms with van der Waals surface area (Å²) < 4.78 is 6.27. The van der Waals surface area contributed by atoms with Gasteiger partial charge in [-0.1, -0.05) is 159 Å². The molecule has 0 aliphatic heterocycles. The summed E-state index contributed by atoms with van der Waals surface area (Å²) in [7, 11) is 0. The van der Waals surface area contributed by atoms with Crippen molar-refractivity contribution in [2.24, 2.45) is 0 Å². The molecule has 0 saturated heterocycles.